The van der Waals surface area contributed by atoms with Gasteiger partial charge in [0.2, 0.25) is 0 Å². The maximum absolute atomic E-state index is 12.0. The molecule has 0 heterocycles. The number of ketones is 1. The summed E-state index contributed by atoms with van der Waals surface area (Å²) in [6.07, 6.45) is 10.9. The first-order valence-corrected chi connectivity index (χ1v) is 9.42. The van der Waals surface area contributed by atoms with E-state index in [9.17, 15) is 9.90 Å². The summed E-state index contributed by atoms with van der Waals surface area (Å²) >= 11 is 0. The van der Waals surface area contributed by atoms with E-state index in [2.05, 4.69) is 6.92 Å². The Labute approximate surface area is 150 Å². The fourth-order valence-electron chi connectivity index (χ4n) is 3.19. The summed E-state index contributed by atoms with van der Waals surface area (Å²) < 4.78 is 5.90. The van der Waals surface area contributed by atoms with Gasteiger partial charge in [-0.05, 0) is 74.6 Å². The molecule has 0 saturated heterocycles. The van der Waals surface area contributed by atoms with Crippen molar-refractivity contribution in [2.24, 2.45) is 5.92 Å². The van der Waals surface area contributed by atoms with Gasteiger partial charge in [0.1, 0.15) is 0 Å². The molecule has 0 radical (unpaired) electrons. The first kappa shape index (κ1) is 19.5. The highest BCUT2D eigenvalue weighted by Gasteiger charge is 2.18. The summed E-state index contributed by atoms with van der Waals surface area (Å²) in [6, 6.07) is 5.34. The Morgan fingerprint density at radius 1 is 1.36 bits per heavy atom. The molecular formula is C21H30O4. The van der Waals surface area contributed by atoms with Crippen molar-refractivity contribution >= 4 is 5.78 Å². The van der Waals surface area contributed by atoms with Crippen LogP contribution in [-0.4, -0.2) is 28.7 Å². The number of hydrogen-bond donors (Lipinski definition) is 2. The summed E-state index contributed by atoms with van der Waals surface area (Å²) in [5.41, 5.74) is 0.995. The number of aliphatic hydroxyl groups is 1. The molecular weight excluding hydrogens is 316 g/mol. The minimum absolute atomic E-state index is 0.0859. The van der Waals surface area contributed by atoms with Gasteiger partial charge in [0, 0.05) is 13.0 Å². The maximum atomic E-state index is 12.0. The zero-order valence-electron chi connectivity index (χ0n) is 15.1. The van der Waals surface area contributed by atoms with E-state index < -0.39 is 0 Å². The van der Waals surface area contributed by atoms with Crippen LogP contribution in [0.15, 0.2) is 30.4 Å². The Bertz CT molecular complexity index is 573. The second-order valence-corrected chi connectivity index (χ2v) is 6.83. The van der Waals surface area contributed by atoms with Crippen molar-refractivity contribution in [3.8, 4) is 11.5 Å². The molecule has 1 aliphatic rings. The second kappa shape index (κ2) is 10.2. The third kappa shape index (κ3) is 6.54. The van der Waals surface area contributed by atoms with Gasteiger partial charge in [0.05, 0.1) is 6.10 Å². The smallest absolute Gasteiger partial charge is 0.161 e. The zero-order valence-corrected chi connectivity index (χ0v) is 15.1. The molecule has 0 aromatic heterocycles. The van der Waals surface area contributed by atoms with Crippen molar-refractivity contribution in [2.75, 3.05) is 6.61 Å². The molecule has 1 saturated carbocycles. The van der Waals surface area contributed by atoms with Crippen LogP contribution in [-0.2, 0) is 11.2 Å². The number of ether oxygens (including phenoxy) is 1. The maximum Gasteiger partial charge on any atom is 0.161 e. The van der Waals surface area contributed by atoms with Gasteiger partial charge in [-0.2, -0.15) is 0 Å². The SMILES string of the molecule is CC[C@H](C=CC(=O)CCc1ccc(O)c(OC2CCCC2)c1)CCO. The monoisotopic (exact) mass is 346 g/mol. The Morgan fingerprint density at radius 3 is 2.80 bits per heavy atom. The van der Waals surface area contributed by atoms with E-state index in [1.54, 1.807) is 12.1 Å². The van der Waals surface area contributed by atoms with Crippen molar-refractivity contribution in [1.82, 2.24) is 0 Å². The van der Waals surface area contributed by atoms with Crippen LogP contribution in [0.4, 0.5) is 0 Å². The van der Waals surface area contributed by atoms with Gasteiger partial charge >= 0.3 is 0 Å². The van der Waals surface area contributed by atoms with Crippen molar-refractivity contribution in [3.05, 3.63) is 35.9 Å². The number of hydrogen-bond acceptors (Lipinski definition) is 4. The molecule has 25 heavy (non-hydrogen) atoms. The van der Waals surface area contributed by atoms with Crippen LogP contribution in [0.2, 0.25) is 0 Å². The van der Waals surface area contributed by atoms with Crippen LogP contribution in [0.3, 0.4) is 0 Å². The number of allylic oxidation sites excluding steroid dienone is 2. The van der Waals surface area contributed by atoms with Gasteiger partial charge in [-0.1, -0.05) is 19.1 Å². The lowest BCUT2D eigenvalue weighted by Gasteiger charge is -2.15. The van der Waals surface area contributed by atoms with E-state index in [1.165, 1.54) is 12.8 Å². The number of aryl methyl sites for hydroxylation is 1. The van der Waals surface area contributed by atoms with Crippen molar-refractivity contribution < 1.29 is 19.7 Å². The zero-order chi connectivity index (χ0) is 18.1. The summed E-state index contributed by atoms with van der Waals surface area (Å²) in [5.74, 6) is 1.04. The summed E-state index contributed by atoms with van der Waals surface area (Å²) in [7, 11) is 0. The number of carbonyl (C=O) groups is 1. The first-order chi connectivity index (χ1) is 12.1. The number of aromatic hydroxyl groups is 1. The predicted molar refractivity (Wildman–Crippen MR) is 98.9 cm³/mol. The number of phenols is 1. The van der Waals surface area contributed by atoms with Crippen LogP contribution >= 0.6 is 0 Å². The normalized spacial score (nSPS) is 16.4. The van der Waals surface area contributed by atoms with E-state index >= 15 is 0 Å². The van der Waals surface area contributed by atoms with Crippen molar-refractivity contribution in [3.63, 3.8) is 0 Å². The number of benzene rings is 1. The lowest BCUT2D eigenvalue weighted by Crippen LogP contribution is -2.11. The molecule has 0 spiro atoms. The van der Waals surface area contributed by atoms with Crippen molar-refractivity contribution in [1.29, 1.82) is 0 Å². The molecule has 4 nitrogen and oxygen atoms in total. The van der Waals surface area contributed by atoms with Gasteiger partial charge in [0.15, 0.2) is 17.3 Å². The highest BCUT2D eigenvalue weighted by atomic mass is 16.5. The highest BCUT2D eigenvalue weighted by molar-refractivity contribution is 5.89. The van der Waals surface area contributed by atoms with E-state index in [0.29, 0.717) is 25.0 Å². The van der Waals surface area contributed by atoms with Gasteiger partial charge in [-0.15, -0.1) is 0 Å². The minimum Gasteiger partial charge on any atom is -0.504 e. The van der Waals surface area contributed by atoms with Crippen LogP contribution in [0.25, 0.3) is 0 Å². The Kier molecular flexibility index (Phi) is 7.99. The number of aliphatic hydroxyl groups excluding tert-OH is 1. The second-order valence-electron chi connectivity index (χ2n) is 6.83. The molecule has 1 aromatic rings. The summed E-state index contributed by atoms with van der Waals surface area (Å²) in [6.45, 7) is 2.20. The van der Waals surface area contributed by atoms with E-state index in [1.807, 2.05) is 18.2 Å². The van der Waals surface area contributed by atoms with Gasteiger partial charge in [-0.3, -0.25) is 4.79 Å². The molecule has 0 bridgehead atoms. The topological polar surface area (TPSA) is 66.8 Å². The molecule has 1 aliphatic carbocycles. The molecule has 138 valence electrons. The molecule has 2 N–H and O–H groups in total. The van der Waals surface area contributed by atoms with Crippen LogP contribution in [0.5, 0.6) is 11.5 Å². The first-order valence-electron chi connectivity index (χ1n) is 9.42. The van der Waals surface area contributed by atoms with Gasteiger partial charge < -0.3 is 14.9 Å². The van der Waals surface area contributed by atoms with Crippen molar-refractivity contribution in [2.45, 2.75) is 64.4 Å². The lowest BCUT2D eigenvalue weighted by atomic mass is 10.0. The summed E-state index contributed by atoms with van der Waals surface area (Å²) in [4.78, 5) is 12.0. The predicted octanol–water partition coefficient (Wildman–Crippen LogP) is 4.18. The van der Waals surface area contributed by atoms with E-state index in [4.69, 9.17) is 9.84 Å². The number of rotatable bonds is 10. The highest BCUT2D eigenvalue weighted by Crippen LogP contribution is 2.31. The fraction of sp³-hybridized carbons (Fsp3) is 0.571. The third-order valence-electron chi connectivity index (χ3n) is 4.86. The number of phenolic OH excluding ortho intramolecular Hbond substituents is 1. The molecule has 0 aliphatic heterocycles. The average Bonchev–Trinajstić information content (AvgIpc) is 3.12. The van der Waals surface area contributed by atoms with Gasteiger partial charge in [-0.25, -0.2) is 0 Å². The van der Waals surface area contributed by atoms with Crippen LogP contribution < -0.4 is 4.74 Å². The molecule has 1 atom stereocenters. The molecule has 0 unspecified atom stereocenters. The van der Waals surface area contributed by atoms with E-state index in [0.717, 1.165) is 24.8 Å². The van der Waals surface area contributed by atoms with Gasteiger partial charge in [0.25, 0.3) is 0 Å². The van der Waals surface area contributed by atoms with Crippen LogP contribution in [0.1, 0.15) is 57.4 Å². The molecule has 0 amide bonds. The molecule has 2 rings (SSSR count). The van der Waals surface area contributed by atoms with E-state index in [-0.39, 0.29) is 30.2 Å². The Balaban J connectivity index is 1.87. The number of carbonyl (C=O) groups excluding carboxylic acids is 1. The molecule has 4 heteroatoms. The minimum atomic E-state index is 0.0859. The fourth-order valence-corrected chi connectivity index (χ4v) is 3.19. The quantitative estimate of drug-likeness (QED) is 0.624. The molecule has 1 fully saturated rings. The standard InChI is InChI=1S/C21H30O4/c1-2-16(13-14-22)7-10-18(23)11-8-17-9-12-20(24)21(15-17)25-19-5-3-4-6-19/h7,9-10,12,15-16,19,22,24H,2-6,8,11,13-14H2,1H3/t16-/m1/s1. The van der Waals surface area contributed by atoms with Crippen LogP contribution in [0, 0.1) is 5.92 Å². The Hall–Kier alpha value is -1.81. The molecule has 1 aromatic carbocycles. The lowest BCUT2D eigenvalue weighted by molar-refractivity contribution is -0.114. The average molecular weight is 346 g/mol. The largest absolute Gasteiger partial charge is 0.504 e. The summed E-state index contributed by atoms with van der Waals surface area (Å²) in [5, 5.41) is 19.0. The Morgan fingerprint density at radius 2 is 2.12 bits per heavy atom. The third-order valence-corrected chi connectivity index (χ3v) is 4.86.